The number of para-hydroxylation sites is 1. The number of anilines is 1. The number of fused-ring (bicyclic) bond motifs is 1. The fourth-order valence-electron chi connectivity index (χ4n) is 2.39. The van der Waals surface area contributed by atoms with Crippen LogP contribution < -0.4 is 5.32 Å². The zero-order valence-corrected chi connectivity index (χ0v) is 11.3. The number of nitriles is 1. The quantitative estimate of drug-likeness (QED) is 0.884. The van der Waals surface area contributed by atoms with Crippen molar-refractivity contribution in [1.29, 1.82) is 5.26 Å². The highest BCUT2D eigenvalue weighted by atomic mass is 32.2. The molecule has 94 valence electrons. The van der Waals surface area contributed by atoms with E-state index in [4.69, 9.17) is 5.26 Å². The van der Waals surface area contributed by atoms with E-state index in [1.165, 1.54) is 10.5 Å². The van der Waals surface area contributed by atoms with Crippen LogP contribution in [0.4, 0.5) is 5.69 Å². The molecule has 2 aromatic rings. The van der Waals surface area contributed by atoms with Gasteiger partial charge in [0.25, 0.3) is 0 Å². The normalized spacial score (nSPS) is 17.3. The fourth-order valence-corrected chi connectivity index (χ4v) is 3.51. The van der Waals surface area contributed by atoms with E-state index in [-0.39, 0.29) is 0 Å². The van der Waals surface area contributed by atoms with Crippen molar-refractivity contribution >= 4 is 17.4 Å². The molecule has 1 N–H and O–H groups in total. The summed E-state index contributed by atoms with van der Waals surface area (Å²) < 4.78 is 0. The summed E-state index contributed by atoms with van der Waals surface area (Å²) in [5.41, 5.74) is 2.97. The van der Waals surface area contributed by atoms with E-state index in [0.29, 0.717) is 11.6 Å². The number of nitrogens with one attached hydrogen (secondary N) is 1. The third kappa shape index (κ3) is 2.45. The summed E-state index contributed by atoms with van der Waals surface area (Å²) in [4.78, 5) is 1.35. The first kappa shape index (κ1) is 12.1. The molecule has 2 aromatic carbocycles. The van der Waals surface area contributed by atoms with Gasteiger partial charge in [0.1, 0.15) is 6.07 Å². The smallest absolute Gasteiger partial charge is 0.101 e. The van der Waals surface area contributed by atoms with Gasteiger partial charge in [-0.2, -0.15) is 5.26 Å². The van der Waals surface area contributed by atoms with E-state index < -0.39 is 0 Å². The Bertz CT molecular complexity index is 631. The average molecular weight is 266 g/mol. The average Bonchev–Trinajstić information content (AvgIpc) is 2.48. The molecule has 0 bridgehead atoms. The SMILES string of the molecule is N#Cc1ccccc1NC1CCSc2ccccc21. The molecule has 0 spiro atoms. The first-order valence-corrected chi connectivity index (χ1v) is 7.34. The molecule has 1 aliphatic rings. The largest absolute Gasteiger partial charge is 0.377 e. The lowest BCUT2D eigenvalue weighted by atomic mass is 10.0. The molecule has 0 saturated carbocycles. The monoisotopic (exact) mass is 266 g/mol. The Balaban J connectivity index is 1.91. The Morgan fingerprint density at radius 1 is 1.11 bits per heavy atom. The molecule has 0 amide bonds. The highest BCUT2D eigenvalue weighted by Crippen LogP contribution is 2.37. The molecule has 0 radical (unpaired) electrons. The summed E-state index contributed by atoms with van der Waals surface area (Å²) in [5, 5.41) is 12.7. The van der Waals surface area contributed by atoms with Gasteiger partial charge in [-0.25, -0.2) is 0 Å². The minimum Gasteiger partial charge on any atom is -0.377 e. The second-order valence-corrected chi connectivity index (χ2v) is 5.67. The lowest BCUT2D eigenvalue weighted by molar-refractivity contribution is 0.728. The lowest BCUT2D eigenvalue weighted by Gasteiger charge is -2.27. The van der Waals surface area contributed by atoms with Gasteiger partial charge in [-0.15, -0.1) is 11.8 Å². The van der Waals surface area contributed by atoms with Crippen LogP contribution >= 0.6 is 11.8 Å². The summed E-state index contributed by atoms with van der Waals surface area (Å²) in [5.74, 6) is 1.11. The molecule has 1 heterocycles. The molecule has 1 atom stereocenters. The number of rotatable bonds is 2. The van der Waals surface area contributed by atoms with Crippen LogP contribution in [0.2, 0.25) is 0 Å². The van der Waals surface area contributed by atoms with E-state index >= 15 is 0 Å². The Hall–Kier alpha value is -1.92. The second-order valence-electron chi connectivity index (χ2n) is 4.53. The minimum atomic E-state index is 0.298. The van der Waals surface area contributed by atoms with Crippen LogP contribution in [-0.4, -0.2) is 5.75 Å². The Labute approximate surface area is 117 Å². The van der Waals surface area contributed by atoms with Crippen molar-refractivity contribution in [1.82, 2.24) is 0 Å². The Morgan fingerprint density at radius 3 is 2.79 bits per heavy atom. The summed E-state index contributed by atoms with van der Waals surface area (Å²) in [6, 6.07) is 18.7. The molecule has 0 fully saturated rings. The lowest BCUT2D eigenvalue weighted by Crippen LogP contribution is -2.16. The van der Waals surface area contributed by atoms with Gasteiger partial charge in [-0.1, -0.05) is 30.3 Å². The molecule has 0 saturated heterocycles. The molecule has 1 unspecified atom stereocenters. The zero-order chi connectivity index (χ0) is 13.1. The standard InChI is InChI=1S/C16H14N2S/c17-11-12-5-1-3-7-14(12)18-15-9-10-19-16-8-4-2-6-13(15)16/h1-8,15,18H,9-10H2. The third-order valence-electron chi connectivity index (χ3n) is 3.34. The maximum Gasteiger partial charge on any atom is 0.101 e. The van der Waals surface area contributed by atoms with Crippen molar-refractivity contribution in [2.24, 2.45) is 0 Å². The van der Waals surface area contributed by atoms with Gasteiger partial charge in [0.05, 0.1) is 17.3 Å². The van der Waals surface area contributed by atoms with Crippen LogP contribution in [0.5, 0.6) is 0 Å². The Morgan fingerprint density at radius 2 is 1.89 bits per heavy atom. The number of thioether (sulfide) groups is 1. The second kappa shape index (κ2) is 5.38. The first-order chi connectivity index (χ1) is 9.38. The minimum absolute atomic E-state index is 0.298. The van der Waals surface area contributed by atoms with Crippen LogP contribution in [0, 0.1) is 11.3 Å². The molecule has 3 heteroatoms. The molecule has 1 aliphatic heterocycles. The highest BCUT2D eigenvalue weighted by Gasteiger charge is 2.20. The van der Waals surface area contributed by atoms with E-state index in [2.05, 4.69) is 35.7 Å². The number of nitrogens with zero attached hydrogens (tertiary/aromatic N) is 1. The van der Waals surface area contributed by atoms with Crippen molar-refractivity contribution in [3.05, 3.63) is 59.7 Å². The predicted molar refractivity (Wildman–Crippen MR) is 79.3 cm³/mol. The Kier molecular flexibility index (Phi) is 3.43. The van der Waals surface area contributed by atoms with Crippen molar-refractivity contribution in [3.63, 3.8) is 0 Å². The summed E-state index contributed by atoms with van der Waals surface area (Å²) in [6.45, 7) is 0. The van der Waals surface area contributed by atoms with E-state index in [9.17, 15) is 0 Å². The van der Waals surface area contributed by atoms with Crippen molar-refractivity contribution in [2.75, 3.05) is 11.1 Å². The van der Waals surface area contributed by atoms with Crippen molar-refractivity contribution < 1.29 is 0 Å². The van der Waals surface area contributed by atoms with Gasteiger partial charge in [0, 0.05) is 10.6 Å². The molecule has 0 aromatic heterocycles. The maximum atomic E-state index is 9.15. The number of hydrogen-bond donors (Lipinski definition) is 1. The van der Waals surface area contributed by atoms with Crippen LogP contribution in [-0.2, 0) is 0 Å². The van der Waals surface area contributed by atoms with Crippen molar-refractivity contribution in [3.8, 4) is 6.07 Å². The number of hydrogen-bond acceptors (Lipinski definition) is 3. The van der Waals surface area contributed by atoms with Gasteiger partial charge in [-0.3, -0.25) is 0 Å². The molecule has 2 nitrogen and oxygen atoms in total. The van der Waals surface area contributed by atoms with E-state index in [1.54, 1.807) is 0 Å². The van der Waals surface area contributed by atoms with Gasteiger partial charge in [-0.05, 0) is 30.2 Å². The zero-order valence-electron chi connectivity index (χ0n) is 10.5. The van der Waals surface area contributed by atoms with Crippen molar-refractivity contribution in [2.45, 2.75) is 17.4 Å². The van der Waals surface area contributed by atoms with Crippen LogP contribution in [0.3, 0.4) is 0 Å². The highest BCUT2D eigenvalue weighted by molar-refractivity contribution is 7.99. The van der Waals surface area contributed by atoms with E-state index in [1.807, 2.05) is 36.0 Å². The topological polar surface area (TPSA) is 35.8 Å². The third-order valence-corrected chi connectivity index (χ3v) is 4.46. The van der Waals surface area contributed by atoms with Crippen LogP contribution in [0.25, 0.3) is 0 Å². The van der Waals surface area contributed by atoms with Gasteiger partial charge in [0.15, 0.2) is 0 Å². The molecule has 0 aliphatic carbocycles. The van der Waals surface area contributed by atoms with Crippen LogP contribution in [0.15, 0.2) is 53.4 Å². The predicted octanol–water partition coefficient (Wildman–Crippen LogP) is 4.21. The van der Waals surface area contributed by atoms with Crippen LogP contribution in [0.1, 0.15) is 23.6 Å². The first-order valence-electron chi connectivity index (χ1n) is 6.36. The van der Waals surface area contributed by atoms with E-state index in [0.717, 1.165) is 17.9 Å². The summed E-state index contributed by atoms with van der Waals surface area (Å²) >= 11 is 1.91. The molecule has 3 rings (SSSR count). The molecule has 19 heavy (non-hydrogen) atoms. The summed E-state index contributed by atoms with van der Waals surface area (Å²) in [7, 11) is 0. The molecular formula is C16H14N2S. The maximum absolute atomic E-state index is 9.15. The molecular weight excluding hydrogens is 252 g/mol. The number of benzene rings is 2. The summed E-state index contributed by atoms with van der Waals surface area (Å²) in [6.07, 6.45) is 1.08. The van der Waals surface area contributed by atoms with Gasteiger partial charge < -0.3 is 5.32 Å². The van der Waals surface area contributed by atoms with Gasteiger partial charge in [0.2, 0.25) is 0 Å². The van der Waals surface area contributed by atoms with Gasteiger partial charge >= 0.3 is 0 Å². The fraction of sp³-hybridized carbons (Fsp3) is 0.188.